The van der Waals surface area contributed by atoms with Crippen LogP contribution in [0.2, 0.25) is 0 Å². The van der Waals surface area contributed by atoms with E-state index in [1.54, 1.807) is 18.2 Å². The quantitative estimate of drug-likeness (QED) is 0.380. The largest absolute Gasteiger partial charge is 0.419 e. The summed E-state index contributed by atoms with van der Waals surface area (Å²) in [6.07, 6.45) is 0.253. The van der Waals surface area contributed by atoms with Crippen LogP contribution in [0.3, 0.4) is 0 Å². The van der Waals surface area contributed by atoms with Gasteiger partial charge in [0.15, 0.2) is 5.82 Å². The minimum absolute atomic E-state index is 0.186. The van der Waals surface area contributed by atoms with Crippen LogP contribution >= 0.6 is 11.8 Å². The maximum absolute atomic E-state index is 13.9. The molecule has 0 fully saturated rings. The lowest BCUT2D eigenvalue weighted by atomic mass is 10.1. The van der Waals surface area contributed by atoms with E-state index < -0.39 is 0 Å². The number of nitrogen functional groups attached to an aromatic ring is 1. The van der Waals surface area contributed by atoms with Gasteiger partial charge >= 0.3 is 0 Å². The normalized spacial score (nSPS) is 12.2. The van der Waals surface area contributed by atoms with Gasteiger partial charge in [-0.1, -0.05) is 47.7 Å². The van der Waals surface area contributed by atoms with Crippen molar-refractivity contribution in [3.8, 4) is 11.5 Å². The van der Waals surface area contributed by atoms with Gasteiger partial charge in [0.05, 0.1) is 5.25 Å². The monoisotopic (exact) mass is 410 g/mol. The Balaban J connectivity index is 1.49. The highest BCUT2D eigenvalue weighted by Crippen LogP contribution is 2.34. The Hall–Kier alpha value is -3.20. The lowest BCUT2D eigenvalue weighted by Gasteiger charge is -2.07. The van der Waals surface area contributed by atoms with Crippen LogP contribution in [-0.4, -0.2) is 25.1 Å². The number of halogens is 1. The Kier molecular flexibility index (Phi) is 5.30. The number of thioether (sulfide) groups is 1. The van der Waals surface area contributed by atoms with Crippen LogP contribution in [0.5, 0.6) is 0 Å². The highest BCUT2D eigenvalue weighted by molar-refractivity contribution is 7.99. The molecule has 0 bridgehead atoms. The van der Waals surface area contributed by atoms with Crippen molar-refractivity contribution in [1.82, 2.24) is 25.1 Å². The van der Waals surface area contributed by atoms with Gasteiger partial charge in [-0.3, -0.25) is 0 Å². The molecule has 0 unspecified atom stereocenters. The number of rotatable bonds is 6. The van der Waals surface area contributed by atoms with Crippen molar-refractivity contribution in [3.63, 3.8) is 0 Å². The minimum Gasteiger partial charge on any atom is -0.419 e. The molecule has 2 aromatic heterocycles. The summed E-state index contributed by atoms with van der Waals surface area (Å²) >= 11 is 1.34. The maximum atomic E-state index is 13.9. The first kappa shape index (κ1) is 19.1. The first-order valence-corrected chi connectivity index (χ1v) is 9.89. The predicted octanol–water partition coefficient (Wildman–Crippen LogP) is 3.93. The Bertz CT molecular complexity index is 1140. The van der Waals surface area contributed by atoms with Crippen LogP contribution < -0.4 is 5.84 Å². The molecule has 29 heavy (non-hydrogen) atoms. The van der Waals surface area contributed by atoms with E-state index in [1.165, 1.54) is 22.5 Å². The molecule has 4 aromatic rings. The zero-order valence-electron chi connectivity index (χ0n) is 15.9. The molecule has 0 saturated carbocycles. The van der Waals surface area contributed by atoms with Gasteiger partial charge in [0, 0.05) is 12.0 Å². The molecule has 148 valence electrons. The molecule has 2 aromatic carbocycles. The van der Waals surface area contributed by atoms with Crippen LogP contribution in [0.1, 0.15) is 35.0 Å². The topological polar surface area (TPSA) is 95.7 Å². The van der Waals surface area contributed by atoms with Gasteiger partial charge in [-0.05, 0) is 37.6 Å². The van der Waals surface area contributed by atoms with Gasteiger partial charge in [-0.25, -0.2) is 9.07 Å². The Morgan fingerprint density at radius 3 is 2.72 bits per heavy atom. The smallest absolute Gasteiger partial charge is 0.247 e. The van der Waals surface area contributed by atoms with Crippen molar-refractivity contribution in [2.24, 2.45) is 0 Å². The van der Waals surface area contributed by atoms with Gasteiger partial charge in [0.25, 0.3) is 0 Å². The molecule has 2 heterocycles. The maximum Gasteiger partial charge on any atom is 0.247 e. The number of nitrogens with two attached hydrogens (primary N) is 1. The van der Waals surface area contributed by atoms with Crippen LogP contribution in [-0.2, 0) is 6.42 Å². The van der Waals surface area contributed by atoms with Gasteiger partial charge in [-0.15, -0.1) is 20.4 Å². The van der Waals surface area contributed by atoms with Crippen molar-refractivity contribution < 1.29 is 8.81 Å². The zero-order valence-corrected chi connectivity index (χ0v) is 16.7. The molecule has 0 spiro atoms. The summed E-state index contributed by atoms with van der Waals surface area (Å²) in [6.45, 7) is 3.93. The lowest BCUT2D eigenvalue weighted by molar-refractivity contribution is 0.508. The van der Waals surface area contributed by atoms with Gasteiger partial charge < -0.3 is 10.3 Å². The molecular formula is C20H19FN6OS. The van der Waals surface area contributed by atoms with Crippen LogP contribution in [0, 0.1) is 12.7 Å². The van der Waals surface area contributed by atoms with Gasteiger partial charge in [0.2, 0.25) is 16.9 Å². The fourth-order valence-electron chi connectivity index (χ4n) is 2.82. The fourth-order valence-corrected chi connectivity index (χ4v) is 3.64. The molecule has 4 rings (SSSR count). The number of nitrogens with zero attached hydrogens (tertiary/aromatic N) is 5. The van der Waals surface area contributed by atoms with Crippen LogP contribution in [0.4, 0.5) is 4.39 Å². The number of aryl methyl sites for hydroxylation is 1. The summed E-state index contributed by atoms with van der Waals surface area (Å²) in [4.78, 5) is 0. The third-order valence-corrected chi connectivity index (χ3v) is 5.42. The lowest BCUT2D eigenvalue weighted by Crippen LogP contribution is -2.15. The second kappa shape index (κ2) is 8.04. The summed E-state index contributed by atoms with van der Waals surface area (Å²) in [5, 5.41) is 16.8. The second-order valence-corrected chi connectivity index (χ2v) is 7.92. The molecule has 0 amide bonds. The third-order valence-electron chi connectivity index (χ3n) is 4.38. The molecule has 1 atom stereocenters. The number of benzene rings is 2. The average molecular weight is 410 g/mol. The Labute approximate surface area is 171 Å². The molecule has 0 saturated heterocycles. The van der Waals surface area contributed by atoms with Crippen LogP contribution in [0.15, 0.2) is 58.1 Å². The van der Waals surface area contributed by atoms with E-state index in [-0.39, 0.29) is 17.5 Å². The average Bonchev–Trinajstić information content (AvgIpc) is 3.33. The van der Waals surface area contributed by atoms with Crippen molar-refractivity contribution in [2.45, 2.75) is 30.7 Å². The van der Waals surface area contributed by atoms with E-state index in [0.717, 1.165) is 11.1 Å². The van der Waals surface area contributed by atoms with E-state index in [0.29, 0.717) is 28.3 Å². The Morgan fingerprint density at radius 1 is 1.10 bits per heavy atom. The molecule has 9 heteroatoms. The highest BCUT2D eigenvalue weighted by atomic mass is 32.2. The summed E-state index contributed by atoms with van der Waals surface area (Å²) < 4.78 is 21.1. The zero-order chi connectivity index (χ0) is 20.4. The van der Waals surface area contributed by atoms with Crippen molar-refractivity contribution in [3.05, 3.63) is 77.2 Å². The standard InChI is InChI=1S/C20H19FN6OS/c1-12-6-5-8-15(10-12)19-25-24-18(28-19)13(2)29-20-26-23-17(27(20)22)11-14-7-3-4-9-16(14)21/h3-10,13H,11,22H2,1-2H3/t13-/m1/s1. The second-order valence-electron chi connectivity index (χ2n) is 6.61. The molecule has 0 aliphatic rings. The molecule has 7 nitrogen and oxygen atoms in total. The van der Waals surface area contributed by atoms with E-state index in [1.807, 2.05) is 38.1 Å². The van der Waals surface area contributed by atoms with Crippen molar-refractivity contribution >= 4 is 11.8 Å². The SMILES string of the molecule is Cc1cccc(-c2nnc([C@@H](C)Sc3nnc(Cc4ccccc4F)n3N)o2)c1. The van der Waals surface area contributed by atoms with Gasteiger partial charge in [0.1, 0.15) is 5.82 Å². The third kappa shape index (κ3) is 4.14. The highest BCUT2D eigenvalue weighted by Gasteiger charge is 2.20. The van der Waals surface area contributed by atoms with Crippen molar-refractivity contribution in [1.29, 1.82) is 0 Å². The minimum atomic E-state index is -0.299. The predicted molar refractivity (Wildman–Crippen MR) is 108 cm³/mol. The Morgan fingerprint density at radius 2 is 1.93 bits per heavy atom. The molecule has 2 N–H and O–H groups in total. The van der Waals surface area contributed by atoms with E-state index in [4.69, 9.17) is 10.3 Å². The van der Waals surface area contributed by atoms with E-state index >= 15 is 0 Å². The molecule has 0 aliphatic carbocycles. The summed E-state index contributed by atoms with van der Waals surface area (Å²) in [5.41, 5.74) is 2.49. The van der Waals surface area contributed by atoms with Gasteiger partial charge in [-0.2, -0.15) is 0 Å². The van der Waals surface area contributed by atoms with E-state index in [2.05, 4.69) is 20.4 Å². The summed E-state index contributed by atoms with van der Waals surface area (Å²) in [5.74, 6) is 7.22. The fraction of sp³-hybridized carbons (Fsp3) is 0.200. The molecular weight excluding hydrogens is 391 g/mol. The van der Waals surface area contributed by atoms with E-state index in [9.17, 15) is 4.39 Å². The summed E-state index contributed by atoms with van der Waals surface area (Å²) in [7, 11) is 0. The number of hydrogen-bond acceptors (Lipinski definition) is 7. The van der Waals surface area contributed by atoms with Crippen molar-refractivity contribution in [2.75, 3.05) is 5.84 Å². The molecule has 0 radical (unpaired) electrons. The van der Waals surface area contributed by atoms with Crippen LogP contribution in [0.25, 0.3) is 11.5 Å². The number of hydrogen-bond donors (Lipinski definition) is 1. The summed E-state index contributed by atoms with van der Waals surface area (Å²) in [6, 6.07) is 14.4. The first-order chi connectivity index (χ1) is 14.0. The number of aromatic nitrogens is 5. The first-order valence-electron chi connectivity index (χ1n) is 9.01. The molecule has 0 aliphatic heterocycles.